The second kappa shape index (κ2) is 8.03. The van der Waals surface area contributed by atoms with Crippen molar-refractivity contribution in [1.82, 2.24) is 4.98 Å². The summed E-state index contributed by atoms with van der Waals surface area (Å²) in [6.45, 7) is 0. The van der Waals surface area contributed by atoms with Crippen molar-refractivity contribution in [2.45, 2.75) is 5.41 Å². The summed E-state index contributed by atoms with van der Waals surface area (Å²) in [5.41, 5.74) is 14.8. The number of fused-ring (bicyclic) bond motifs is 10. The quantitative estimate of drug-likeness (QED) is 0.271. The number of aromatic nitrogens is 1. The summed E-state index contributed by atoms with van der Waals surface area (Å²) in [7, 11) is 0. The van der Waals surface area contributed by atoms with Crippen LogP contribution in [0.1, 0.15) is 22.3 Å². The van der Waals surface area contributed by atoms with Crippen LogP contribution in [0.15, 0.2) is 140 Å². The Labute approximate surface area is 222 Å². The van der Waals surface area contributed by atoms with Gasteiger partial charge in [-0.3, -0.25) is 4.98 Å². The van der Waals surface area contributed by atoms with Gasteiger partial charge in [0.25, 0.3) is 0 Å². The number of hydrogen-bond acceptors (Lipinski definition) is 2. The first-order valence-electron chi connectivity index (χ1n) is 13.1. The van der Waals surface area contributed by atoms with Crippen LogP contribution in [0.3, 0.4) is 0 Å². The maximum atomic E-state index is 4.26. The summed E-state index contributed by atoms with van der Waals surface area (Å²) in [6, 6.07) is 46.2. The first-order chi connectivity index (χ1) is 18.9. The molecule has 2 nitrogen and oxygen atoms in total. The van der Waals surface area contributed by atoms with E-state index in [1.165, 1.54) is 44.5 Å². The van der Waals surface area contributed by atoms with Crippen molar-refractivity contribution >= 4 is 11.4 Å². The summed E-state index contributed by atoms with van der Waals surface area (Å²) in [6.07, 6.45) is 3.71. The Bertz CT molecular complexity index is 1790. The molecule has 0 bridgehead atoms. The normalized spacial score (nSPS) is 13.5. The highest BCUT2D eigenvalue weighted by atomic mass is 14.9. The number of anilines is 2. The number of hydrogen-bond donors (Lipinski definition) is 1. The van der Waals surface area contributed by atoms with Gasteiger partial charge in [0.1, 0.15) is 0 Å². The van der Waals surface area contributed by atoms with Gasteiger partial charge in [0.05, 0.1) is 5.41 Å². The van der Waals surface area contributed by atoms with Gasteiger partial charge >= 0.3 is 0 Å². The highest BCUT2D eigenvalue weighted by Gasteiger charge is 2.51. The summed E-state index contributed by atoms with van der Waals surface area (Å²) in [5.74, 6) is 0. The summed E-state index contributed by atoms with van der Waals surface area (Å²) < 4.78 is 0. The van der Waals surface area contributed by atoms with Crippen molar-refractivity contribution in [2.24, 2.45) is 0 Å². The molecule has 0 saturated heterocycles. The van der Waals surface area contributed by atoms with Crippen LogP contribution >= 0.6 is 0 Å². The Balaban J connectivity index is 1.32. The number of nitrogens with one attached hydrogen (secondary N) is 1. The van der Waals surface area contributed by atoms with Gasteiger partial charge < -0.3 is 5.32 Å². The van der Waals surface area contributed by atoms with Gasteiger partial charge in [-0.25, -0.2) is 0 Å². The molecule has 1 N–H and O–H groups in total. The van der Waals surface area contributed by atoms with E-state index in [9.17, 15) is 0 Å². The molecule has 0 aliphatic heterocycles. The fraction of sp³-hybridized carbons (Fsp3) is 0.0278. The second-order valence-electron chi connectivity index (χ2n) is 10.1. The molecule has 5 aromatic carbocycles. The Morgan fingerprint density at radius 2 is 1.08 bits per heavy atom. The number of nitrogens with zero attached hydrogens (tertiary/aromatic N) is 1. The van der Waals surface area contributed by atoms with Crippen LogP contribution in [-0.2, 0) is 5.41 Å². The molecule has 0 unspecified atom stereocenters. The van der Waals surface area contributed by atoms with Gasteiger partial charge in [-0.05, 0) is 74.3 Å². The van der Waals surface area contributed by atoms with Crippen LogP contribution in [-0.4, -0.2) is 4.98 Å². The first-order valence-corrected chi connectivity index (χ1v) is 13.1. The lowest BCUT2D eigenvalue weighted by molar-refractivity contribution is 0.794. The van der Waals surface area contributed by atoms with E-state index in [1.807, 2.05) is 12.3 Å². The average Bonchev–Trinajstić information content (AvgIpc) is 3.46. The molecule has 0 amide bonds. The third-order valence-corrected chi connectivity index (χ3v) is 8.18. The molecule has 1 heterocycles. The smallest absolute Gasteiger partial charge is 0.0726 e. The lowest BCUT2D eigenvalue weighted by atomic mass is 9.70. The summed E-state index contributed by atoms with van der Waals surface area (Å²) >= 11 is 0. The molecule has 1 aromatic heterocycles. The zero-order valence-corrected chi connectivity index (χ0v) is 20.7. The van der Waals surface area contributed by atoms with Crippen LogP contribution < -0.4 is 5.32 Å². The molecule has 6 aromatic rings. The van der Waals surface area contributed by atoms with Crippen LogP contribution in [0.25, 0.3) is 33.4 Å². The molecule has 2 aliphatic rings. The predicted octanol–water partition coefficient (Wildman–Crippen LogP) is 8.84. The van der Waals surface area contributed by atoms with Crippen molar-refractivity contribution in [1.29, 1.82) is 0 Å². The standard InChI is InChI=1S/C36H24N2/c1-4-13-30-27(10-1)28-11-2-5-14-31(28)36(30)32-15-6-3-12-29(32)35-33(36)16-7-17-34(35)38-26-20-18-24(19-21-26)25-9-8-22-37-23-25/h1-23,38H. The van der Waals surface area contributed by atoms with Crippen molar-refractivity contribution in [3.63, 3.8) is 0 Å². The van der Waals surface area contributed by atoms with E-state index in [4.69, 9.17) is 0 Å². The lowest BCUT2D eigenvalue weighted by Crippen LogP contribution is -2.25. The van der Waals surface area contributed by atoms with E-state index in [-0.39, 0.29) is 5.41 Å². The van der Waals surface area contributed by atoms with Crippen molar-refractivity contribution in [3.8, 4) is 33.4 Å². The van der Waals surface area contributed by atoms with E-state index in [2.05, 4.69) is 132 Å². The minimum Gasteiger partial charge on any atom is -0.355 e. The highest BCUT2D eigenvalue weighted by molar-refractivity contribution is 5.99. The molecule has 1 spiro atoms. The van der Waals surface area contributed by atoms with E-state index < -0.39 is 0 Å². The number of rotatable bonds is 3. The fourth-order valence-corrected chi connectivity index (χ4v) is 6.68. The van der Waals surface area contributed by atoms with Gasteiger partial charge in [0.15, 0.2) is 0 Å². The lowest BCUT2D eigenvalue weighted by Gasteiger charge is -2.30. The van der Waals surface area contributed by atoms with Crippen molar-refractivity contribution in [2.75, 3.05) is 5.32 Å². The maximum Gasteiger partial charge on any atom is 0.0726 e. The maximum absolute atomic E-state index is 4.26. The number of pyridine rings is 1. The molecular formula is C36H24N2. The topological polar surface area (TPSA) is 24.9 Å². The molecule has 8 rings (SSSR count). The zero-order valence-electron chi connectivity index (χ0n) is 20.7. The molecular weight excluding hydrogens is 460 g/mol. The van der Waals surface area contributed by atoms with Gasteiger partial charge in [-0.2, -0.15) is 0 Å². The minimum atomic E-state index is -0.318. The van der Waals surface area contributed by atoms with Crippen LogP contribution in [0.2, 0.25) is 0 Å². The van der Waals surface area contributed by atoms with Crippen molar-refractivity contribution < 1.29 is 0 Å². The monoisotopic (exact) mass is 484 g/mol. The molecule has 2 heteroatoms. The van der Waals surface area contributed by atoms with Gasteiger partial charge in [0.2, 0.25) is 0 Å². The highest BCUT2D eigenvalue weighted by Crippen LogP contribution is 2.63. The van der Waals surface area contributed by atoms with E-state index in [1.54, 1.807) is 6.20 Å². The molecule has 0 atom stereocenters. The average molecular weight is 485 g/mol. The van der Waals surface area contributed by atoms with E-state index in [0.717, 1.165) is 22.5 Å². The molecule has 38 heavy (non-hydrogen) atoms. The third-order valence-electron chi connectivity index (χ3n) is 8.18. The van der Waals surface area contributed by atoms with E-state index in [0.29, 0.717) is 0 Å². The van der Waals surface area contributed by atoms with Crippen LogP contribution in [0.4, 0.5) is 11.4 Å². The molecule has 0 saturated carbocycles. The van der Waals surface area contributed by atoms with E-state index >= 15 is 0 Å². The van der Waals surface area contributed by atoms with Crippen molar-refractivity contribution in [3.05, 3.63) is 162 Å². The molecule has 2 aliphatic carbocycles. The fourth-order valence-electron chi connectivity index (χ4n) is 6.68. The Morgan fingerprint density at radius 3 is 1.74 bits per heavy atom. The molecule has 0 radical (unpaired) electrons. The van der Waals surface area contributed by atoms with Gasteiger partial charge in [-0.15, -0.1) is 0 Å². The largest absolute Gasteiger partial charge is 0.355 e. The zero-order chi connectivity index (χ0) is 25.1. The Morgan fingerprint density at radius 1 is 0.474 bits per heavy atom. The van der Waals surface area contributed by atoms with Gasteiger partial charge in [-0.1, -0.05) is 103 Å². The second-order valence-corrected chi connectivity index (χ2v) is 10.1. The Kier molecular flexibility index (Phi) is 4.47. The van der Waals surface area contributed by atoms with Crippen LogP contribution in [0.5, 0.6) is 0 Å². The minimum absolute atomic E-state index is 0.318. The number of benzene rings is 5. The molecule has 0 fully saturated rings. The Hall–Kier alpha value is -4.95. The summed E-state index contributed by atoms with van der Waals surface area (Å²) in [5, 5.41) is 3.76. The third kappa shape index (κ3) is 2.80. The first kappa shape index (κ1) is 21.2. The summed E-state index contributed by atoms with van der Waals surface area (Å²) in [4.78, 5) is 4.26. The van der Waals surface area contributed by atoms with Gasteiger partial charge in [0, 0.05) is 29.3 Å². The SMILES string of the molecule is c1cncc(-c2ccc(Nc3cccc4c3-c3ccccc3C43c4ccccc4-c4ccccc43)cc2)c1. The predicted molar refractivity (Wildman–Crippen MR) is 156 cm³/mol. The van der Waals surface area contributed by atoms with Crippen LogP contribution in [0, 0.1) is 0 Å². The molecule has 178 valence electrons.